The zero-order valence-corrected chi connectivity index (χ0v) is 18.1. The van der Waals surface area contributed by atoms with Crippen molar-refractivity contribution in [2.75, 3.05) is 16.8 Å². The van der Waals surface area contributed by atoms with Crippen LogP contribution in [0, 0.1) is 0 Å². The number of anilines is 2. The summed E-state index contributed by atoms with van der Waals surface area (Å²) in [6.07, 6.45) is 2.90. The first-order valence-electron chi connectivity index (χ1n) is 9.97. The van der Waals surface area contributed by atoms with Crippen LogP contribution in [0.4, 0.5) is 11.4 Å². The maximum Gasteiger partial charge on any atom is 0.358 e. The van der Waals surface area contributed by atoms with Gasteiger partial charge in [-0.25, -0.2) is 9.78 Å². The molecule has 0 saturated heterocycles. The van der Waals surface area contributed by atoms with Crippen molar-refractivity contribution < 1.29 is 19.1 Å². The van der Waals surface area contributed by atoms with Crippen molar-refractivity contribution in [2.24, 2.45) is 0 Å². The van der Waals surface area contributed by atoms with Gasteiger partial charge in [0, 0.05) is 16.3 Å². The van der Waals surface area contributed by atoms with Gasteiger partial charge in [-0.3, -0.25) is 14.5 Å². The van der Waals surface area contributed by atoms with Crippen molar-refractivity contribution in [1.29, 1.82) is 0 Å². The molecule has 5 rings (SSSR count). The molecule has 1 fully saturated rings. The fourth-order valence-corrected chi connectivity index (χ4v) is 5.78. The fourth-order valence-electron chi connectivity index (χ4n) is 4.28. The zero-order valence-electron chi connectivity index (χ0n) is 16.5. The van der Waals surface area contributed by atoms with Crippen LogP contribution in [0.3, 0.4) is 0 Å². The number of ether oxygens (including phenoxy) is 1. The molecule has 1 aromatic carbocycles. The van der Waals surface area contributed by atoms with E-state index in [0.717, 1.165) is 23.4 Å². The highest BCUT2D eigenvalue weighted by molar-refractivity contribution is 7.14. The van der Waals surface area contributed by atoms with Crippen LogP contribution in [0.5, 0.6) is 0 Å². The van der Waals surface area contributed by atoms with Gasteiger partial charge in [-0.05, 0) is 36.4 Å². The van der Waals surface area contributed by atoms with Crippen LogP contribution in [0.2, 0.25) is 0 Å². The molecule has 7 nitrogen and oxygen atoms in total. The second-order valence-electron chi connectivity index (χ2n) is 7.57. The van der Waals surface area contributed by atoms with Crippen molar-refractivity contribution in [3.63, 3.8) is 0 Å². The lowest BCUT2D eigenvalue weighted by Crippen LogP contribution is -2.61. The zero-order chi connectivity index (χ0) is 21.4. The lowest BCUT2D eigenvalue weighted by molar-refractivity contribution is -0.129. The topological polar surface area (TPSA) is 88.6 Å². The fraction of sp³-hybridized carbons (Fsp3) is 0.273. The van der Waals surface area contributed by atoms with E-state index in [4.69, 9.17) is 4.74 Å². The highest BCUT2D eigenvalue weighted by Crippen LogP contribution is 2.45. The first kappa shape index (κ1) is 19.9. The van der Waals surface area contributed by atoms with E-state index in [1.54, 1.807) is 27.7 Å². The summed E-state index contributed by atoms with van der Waals surface area (Å²) in [6, 6.07) is 9.14. The Morgan fingerprint density at radius 2 is 1.97 bits per heavy atom. The number of benzene rings is 1. The van der Waals surface area contributed by atoms with E-state index in [-0.39, 0.29) is 11.6 Å². The number of carbonyl (C=O) groups excluding carboxylic acids is 3. The van der Waals surface area contributed by atoms with Gasteiger partial charge < -0.3 is 10.1 Å². The van der Waals surface area contributed by atoms with Crippen molar-refractivity contribution in [2.45, 2.75) is 31.2 Å². The van der Waals surface area contributed by atoms with Crippen LogP contribution in [0.15, 0.2) is 46.5 Å². The third-order valence-corrected chi connectivity index (χ3v) is 7.31. The van der Waals surface area contributed by atoms with Gasteiger partial charge in [0.15, 0.2) is 12.3 Å². The second kappa shape index (κ2) is 7.90. The molecule has 2 amide bonds. The molecule has 0 atom stereocenters. The molecule has 1 saturated carbocycles. The molecule has 1 spiro atoms. The summed E-state index contributed by atoms with van der Waals surface area (Å²) < 4.78 is 5.31. The Morgan fingerprint density at radius 3 is 2.74 bits per heavy atom. The summed E-state index contributed by atoms with van der Waals surface area (Å²) in [6.45, 7) is -0.451. The standard InChI is InChI=1S/C22H19N3O4S2/c26-18(11-29-20(27)16-13-31-19(23-16)14-7-10-30-12-14)25-17-6-2-1-5-15(17)24-21(28)22(25)8-3-4-9-22/h1-2,5-7,10,12-13H,3-4,8-9,11H2,(H,24,28). The van der Waals surface area contributed by atoms with Gasteiger partial charge in [0.25, 0.3) is 11.8 Å². The van der Waals surface area contributed by atoms with Gasteiger partial charge in [-0.2, -0.15) is 11.3 Å². The minimum atomic E-state index is -0.926. The number of para-hydroxylation sites is 2. The van der Waals surface area contributed by atoms with Crippen LogP contribution in [-0.2, 0) is 14.3 Å². The van der Waals surface area contributed by atoms with Crippen molar-refractivity contribution in [3.05, 3.63) is 52.2 Å². The molecule has 1 N–H and O–H groups in total. The molecular weight excluding hydrogens is 434 g/mol. The number of rotatable bonds is 4. The Hall–Kier alpha value is -3.04. The highest BCUT2D eigenvalue weighted by atomic mass is 32.1. The number of nitrogens with one attached hydrogen (secondary N) is 1. The Morgan fingerprint density at radius 1 is 1.16 bits per heavy atom. The molecule has 158 valence electrons. The number of nitrogens with zero attached hydrogens (tertiary/aromatic N) is 2. The summed E-state index contributed by atoms with van der Waals surface area (Å²) >= 11 is 2.90. The molecule has 2 aromatic heterocycles. The van der Waals surface area contributed by atoms with E-state index in [0.29, 0.717) is 24.2 Å². The number of aromatic nitrogens is 1. The number of thiazole rings is 1. The average Bonchev–Trinajstić information content (AvgIpc) is 3.54. The quantitative estimate of drug-likeness (QED) is 0.594. The lowest BCUT2D eigenvalue weighted by Gasteiger charge is -2.44. The van der Waals surface area contributed by atoms with Gasteiger partial charge in [-0.1, -0.05) is 25.0 Å². The third kappa shape index (κ3) is 3.43. The van der Waals surface area contributed by atoms with E-state index in [1.165, 1.54) is 11.3 Å². The first-order chi connectivity index (χ1) is 15.1. The number of esters is 1. The Balaban J connectivity index is 1.35. The van der Waals surface area contributed by atoms with E-state index in [1.807, 2.05) is 35.0 Å². The normalized spacial score (nSPS) is 16.8. The largest absolute Gasteiger partial charge is 0.451 e. The minimum absolute atomic E-state index is 0.173. The number of hydrogen-bond acceptors (Lipinski definition) is 7. The second-order valence-corrected chi connectivity index (χ2v) is 9.20. The van der Waals surface area contributed by atoms with E-state index >= 15 is 0 Å². The first-order valence-corrected chi connectivity index (χ1v) is 11.8. The molecule has 0 unspecified atom stereocenters. The molecule has 0 bridgehead atoms. The molecule has 3 heterocycles. The van der Waals surface area contributed by atoms with Crippen molar-refractivity contribution in [3.8, 4) is 10.6 Å². The number of thiophene rings is 1. The summed E-state index contributed by atoms with van der Waals surface area (Å²) in [5.74, 6) is -1.24. The van der Waals surface area contributed by atoms with Gasteiger partial charge in [0.2, 0.25) is 0 Å². The van der Waals surface area contributed by atoms with Gasteiger partial charge >= 0.3 is 5.97 Å². The van der Waals surface area contributed by atoms with Crippen LogP contribution in [0.25, 0.3) is 10.6 Å². The summed E-state index contributed by atoms with van der Waals surface area (Å²) in [5, 5.41) is 9.19. The number of carbonyl (C=O) groups is 3. The smallest absolute Gasteiger partial charge is 0.358 e. The number of fused-ring (bicyclic) bond motifs is 1. The molecule has 9 heteroatoms. The van der Waals surface area contributed by atoms with Gasteiger partial charge in [-0.15, -0.1) is 11.3 Å². The van der Waals surface area contributed by atoms with Crippen molar-refractivity contribution >= 4 is 51.8 Å². The van der Waals surface area contributed by atoms with E-state index < -0.39 is 24.0 Å². The molecular formula is C22H19N3O4S2. The van der Waals surface area contributed by atoms with E-state index in [9.17, 15) is 14.4 Å². The Labute approximate surface area is 186 Å². The monoisotopic (exact) mass is 453 g/mol. The Kier molecular flexibility index (Phi) is 5.07. The number of hydrogen-bond donors (Lipinski definition) is 1. The molecule has 0 radical (unpaired) electrons. The summed E-state index contributed by atoms with van der Waals surface area (Å²) in [4.78, 5) is 44.6. The van der Waals surface area contributed by atoms with Crippen LogP contribution in [-0.4, -0.2) is 34.9 Å². The van der Waals surface area contributed by atoms with E-state index in [2.05, 4.69) is 10.3 Å². The molecule has 1 aliphatic heterocycles. The maximum atomic E-state index is 13.2. The molecule has 3 aromatic rings. The molecule has 31 heavy (non-hydrogen) atoms. The van der Waals surface area contributed by atoms with Crippen LogP contribution < -0.4 is 10.2 Å². The maximum absolute atomic E-state index is 13.2. The van der Waals surface area contributed by atoms with Gasteiger partial charge in [0.1, 0.15) is 10.5 Å². The predicted octanol–water partition coefficient (Wildman–Crippen LogP) is 4.33. The minimum Gasteiger partial charge on any atom is -0.451 e. The third-order valence-electron chi connectivity index (χ3n) is 5.73. The average molecular weight is 454 g/mol. The summed E-state index contributed by atoms with van der Waals surface area (Å²) in [7, 11) is 0. The summed E-state index contributed by atoms with van der Waals surface area (Å²) in [5.41, 5.74) is 1.42. The highest BCUT2D eigenvalue weighted by Gasteiger charge is 2.52. The SMILES string of the molecule is O=C(OCC(=O)N1c2ccccc2NC(=O)C12CCCC2)c1csc(-c2ccsc2)n1. The van der Waals surface area contributed by atoms with Crippen LogP contribution >= 0.6 is 22.7 Å². The Bertz CT molecular complexity index is 1150. The predicted molar refractivity (Wildman–Crippen MR) is 119 cm³/mol. The lowest BCUT2D eigenvalue weighted by atomic mass is 9.90. The number of amides is 2. The molecule has 1 aliphatic carbocycles. The van der Waals surface area contributed by atoms with Crippen molar-refractivity contribution in [1.82, 2.24) is 4.98 Å². The molecule has 2 aliphatic rings. The van der Waals surface area contributed by atoms with Crippen LogP contribution in [0.1, 0.15) is 36.2 Å². The van der Waals surface area contributed by atoms with Gasteiger partial charge in [0.05, 0.1) is 11.4 Å².